The molecule has 0 aliphatic heterocycles. The van der Waals surface area contributed by atoms with Gasteiger partial charge in [0.05, 0.1) is 12.5 Å². The van der Waals surface area contributed by atoms with Gasteiger partial charge in [-0.15, -0.1) is 0 Å². The van der Waals surface area contributed by atoms with E-state index in [-0.39, 0.29) is 19.0 Å². The Bertz CT molecular complexity index is 301. The Morgan fingerprint density at radius 1 is 1.40 bits per heavy atom. The van der Waals surface area contributed by atoms with Crippen LogP contribution < -0.4 is 16.5 Å². The molecule has 0 aliphatic carbocycles. The van der Waals surface area contributed by atoms with Gasteiger partial charge in [0.15, 0.2) is 0 Å². The van der Waals surface area contributed by atoms with Gasteiger partial charge in [-0.3, -0.25) is 15.0 Å². The number of aliphatic carboxylic acids is 1. The summed E-state index contributed by atoms with van der Waals surface area (Å²) in [5.74, 6) is -1.48. The summed E-state index contributed by atoms with van der Waals surface area (Å²) in [6, 6.07) is -0.221. The number of aliphatic hydroxyl groups excluding tert-OH is 1. The van der Waals surface area contributed by atoms with Crippen LogP contribution in [0.1, 0.15) is 26.2 Å². The van der Waals surface area contributed by atoms with E-state index in [1.807, 2.05) is 6.92 Å². The summed E-state index contributed by atoms with van der Waals surface area (Å²) in [6.07, 6.45) is 0.373. The minimum absolute atomic E-state index is 0.106. The molecular weight excluding hydrogens is 264 g/mol. The predicted molar refractivity (Wildman–Crippen MR) is 74.8 cm³/mol. The lowest BCUT2D eigenvalue weighted by Crippen LogP contribution is -2.44. The van der Waals surface area contributed by atoms with Gasteiger partial charge in [-0.2, -0.15) is 0 Å². The average molecular weight is 290 g/mol. The number of carboxylic acids is 1. The molecule has 0 bridgehead atoms. The van der Waals surface area contributed by atoms with Gasteiger partial charge in [-0.1, -0.05) is 6.92 Å². The molecule has 0 saturated carbocycles. The van der Waals surface area contributed by atoms with E-state index in [1.165, 1.54) is 7.05 Å². The number of nitrogens with two attached hydrogens (primary N) is 1. The number of likely N-dealkylation sites (N-methyl/N-ethyl adjacent to an activating group) is 1. The molecule has 118 valence electrons. The highest BCUT2D eigenvalue weighted by Gasteiger charge is 2.16. The Hall–Kier alpha value is -1.22. The normalized spacial score (nSPS) is 14.1. The van der Waals surface area contributed by atoms with Crippen LogP contribution in [0.5, 0.6) is 0 Å². The fourth-order valence-corrected chi connectivity index (χ4v) is 1.70. The number of carboxylic acid groups (broad SMARTS) is 1. The van der Waals surface area contributed by atoms with Gasteiger partial charge in [0, 0.05) is 19.6 Å². The number of nitrogens with zero attached hydrogens (tertiary/aromatic N) is 1. The molecule has 0 rings (SSSR count). The van der Waals surface area contributed by atoms with Gasteiger partial charge in [-0.05, 0) is 19.4 Å². The first-order valence-electron chi connectivity index (χ1n) is 6.71. The van der Waals surface area contributed by atoms with Crippen LogP contribution in [0.25, 0.3) is 0 Å². The molecule has 20 heavy (non-hydrogen) atoms. The van der Waals surface area contributed by atoms with Crippen LogP contribution in [0.15, 0.2) is 0 Å². The van der Waals surface area contributed by atoms with Crippen molar-refractivity contribution >= 4 is 11.9 Å². The summed E-state index contributed by atoms with van der Waals surface area (Å²) in [7, 11) is 1.44. The Morgan fingerprint density at radius 2 is 2.05 bits per heavy atom. The highest BCUT2D eigenvalue weighted by atomic mass is 16.4. The molecule has 0 unspecified atom stereocenters. The largest absolute Gasteiger partial charge is 0.480 e. The molecule has 0 saturated heterocycles. The van der Waals surface area contributed by atoms with Crippen molar-refractivity contribution < 1.29 is 19.8 Å². The molecule has 0 aromatic heterocycles. The quantitative estimate of drug-likeness (QED) is 0.231. The summed E-state index contributed by atoms with van der Waals surface area (Å²) in [6.45, 7) is 3.20. The SMILES string of the molecule is CCCNC[C@H](N)C[C@@H](O)CC(=O)NN(C)CC(=O)O. The molecule has 8 nitrogen and oxygen atoms in total. The molecular formula is C12H26N4O4. The van der Waals surface area contributed by atoms with Crippen LogP contribution in [0.2, 0.25) is 0 Å². The fraction of sp³-hybridized carbons (Fsp3) is 0.833. The number of hydrogen-bond donors (Lipinski definition) is 5. The second-order valence-electron chi connectivity index (χ2n) is 4.84. The third-order valence-corrected chi connectivity index (χ3v) is 2.52. The maximum Gasteiger partial charge on any atom is 0.319 e. The number of hydrogen-bond acceptors (Lipinski definition) is 6. The van der Waals surface area contributed by atoms with Crippen molar-refractivity contribution in [3.63, 3.8) is 0 Å². The van der Waals surface area contributed by atoms with Gasteiger partial charge < -0.3 is 21.3 Å². The van der Waals surface area contributed by atoms with Gasteiger partial charge >= 0.3 is 5.97 Å². The number of amides is 1. The standard InChI is InChI=1S/C12H26N4O4/c1-3-4-14-7-9(13)5-10(17)6-11(18)15-16(2)8-12(19)20/h9-10,14,17H,3-8,13H2,1-2H3,(H,15,18)(H,19,20)/t9-,10-/m1/s1. The Labute approximate surface area is 119 Å². The summed E-state index contributed by atoms with van der Waals surface area (Å²) < 4.78 is 0. The Morgan fingerprint density at radius 3 is 2.60 bits per heavy atom. The molecule has 2 atom stereocenters. The highest BCUT2D eigenvalue weighted by molar-refractivity contribution is 5.76. The van der Waals surface area contributed by atoms with E-state index in [2.05, 4.69) is 10.7 Å². The third-order valence-electron chi connectivity index (χ3n) is 2.52. The summed E-state index contributed by atoms with van der Waals surface area (Å²) in [5, 5.41) is 22.6. The van der Waals surface area contributed by atoms with E-state index >= 15 is 0 Å². The first-order chi connectivity index (χ1) is 9.35. The molecule has 0 aliphatic rings. The lowest BCUT2D eigenvalue weighted by molar-refractivity contribution is -0.139. The van der Waals surface area contributed by atoms with Gasteiger partial charge in [0.25, 0.3) is 0 Å². The molecule has 0 aromatic carbocycles. The van der Waals surface area contributed by atoms with Crippen LogP contribution in [0.3, 0.4) is 0 Å². The first kappa shape index (κ1) is 18.8. The Balaban J connectivity index is 3.86. The van der Waals surface area contributed by atoms with Gasteiger partial charge in [0.2, 0.25) is 5.91 Å². The molecule has 0 fully saturated rings. The van der Waals surface area contributed by atoms with Crippen LogP contribution in [-0.2, 0) is 9.59 Å². The van der Waals surface area contributed by atoms with Crippen LogP contribution in [0.4, 0.5) is 0 Å². The summed E-state index contributed by atoms with van der Waals surface area (Å²) in [4.78, 5) is 21.9. The first-order valence-corrected chi connectivity index (χ1v) is 6.71. The van der Waals surface area contributed by atoms with E-state index in [0.717, 1.165) is 18.0 Å². The van der Waals surface area contributed by atoms with E-state index in [1.54, 1.807) is 0 Å². The van der Waals surface area contributed by atoms with Crippen molar-refractivity contribution in [3.05, 3.63) is 0 Å². The van der Waals surface area contributed by atoms with Crippen LogP contribution in [-0.4, -0.2) is 65.9 Å². The van der Waals surface area contributed by atoms with Gasteiger partial charge in [0.1, 0.15) is 6.54 Å². The molecule has 8 heteroatoms. The van der Waals surface area contributed by atoms with E-state index < -0.39 is 18.0 Å². The second kappa shape index (κ2) is 10.6. The lowest BCUT2D eigenvalue weighted by atomic mass is 10.1. The van der Waals surface area contributed by atoms with E-state index in [9.17, 15) is 14.7 Å². The summed E-state index contributed by atoms with van der Waals surface area (Å²) >= 11 is 0. The number of nitrogens with one attached hydrogen (secondary N) is 2. The zero-order valence-corrected chi connectivity index (χ0v) is 12.1. The Kier molecular flexibility index (Phi) is 9.91. The minimum atomic E-state index is -1.04. The van der Waals surface area contributed by atoms with Crippen LogP contribution in [0, 0.1) is 0 Å². The maximum absolute atomic E-state index is 11.5. The maximum atomic E-state index is 11.5. The number of rotatable bonds is 11. The van der Waals surface area contributed by atoms with Crippen LogP contribution >= 0.6 is 0 Å². The van der Waals surface area contributed by atoms with Crippen molar-refractivity contribution in [3.8, 4) is 0 Å². The average Bonchev–Trinajstić information content (AvgIpc) is 2.26. The fourth-order valence-electron chi connectivity index (χ4n) is 1.70. The summed E-state index contributed by atoms with van der Waals surface area (Å²) in [5.41, 5.74) is 8.18. The van der Waals surface area contributed by atoms with Crippen molar-refractivity contribution in [2.75, 3.05) is 26.7 Å². The number of hydrazine groups is 1. The second-order valence-corrected chi connectivity index (χ2v) is 4.84. The third kappa shape index (κ3) is 10.7. The molecule has 6 N–H and O–H groups in total. The van der Waals surface area contributed by atoms with Crippen molar-refractivity contribution in [1.82, 2.24) is 15.8 Å². The van der Waals surface area contributed by atoms with E-state index in [0.29, 0.717) is 13.0 Å². The van der Waals surface area contributed by atoms with Crippen molar-refractivity contribution in [1.29, 1.82) is 0 Å². The van der Waals surface area contributed by atoms with Crippen molar-refractivity contribution in [2.24, 2.45) is 5.73 Å². The lowest BCUT2D eigenvalue weighted by Gasteiger charge is -2.19. The highest BCUT2D eigenvalue weighted by Crippen LogP contribution is 2.01. The smallest absolute Gasteiger partial charge is 0.319 e. The molecule has 0 radical (unpaired) electrons. The zero-order chi connectivity index (χ0) is 15.5. The van der Waals surface area contributed by atoms with Gasteiger partial charge in [-0.25, -0.2) is 5.01 Å². The van der Waals surface area contributed by atoms with E-state index in [4.69, 9.17) is 10.8 Å². The molecule has 0 aromatic rings. The van der Waals surface area contributed by atoms with Crippen molar-refractivity contribution in [2.45, 2.75) is 38.3 Å². The molecule has 0 spiro atoms. The molecule has 0 heterocycles. The monoisotopic (exact) mass is 290 g/mol. The molecule has 1 amide bonds. The number of aliphatic hydroxyl groups is 1. The topological polar surface area (TPSA) is 128 Å². The number of carbonyl (C=O) groups is 2. The minimum Gasteiger partial charge on any atom is -0.480 e. The number of carbonyl (C=O) groups excluding carboxylic acids is 1. The predicted octanol–water partition coefficient (Wildman–Crippen LogP) is -1.50. The zero-order valence-electron chi connectivity index (χ0n) is 12.1.